The molecule has 0 unspecified atom stereocenters. The predicted octanol–water partition coefficient (Wildman–Crippen LogP) is 4.62. The van der Waals surface area contributed by atoms with Crippen LogP contribution in [0.4, 0.5) is 23.2 Å². The van der Waals surface area contributed by atoms with Gasteiger partial charge >= 0.3 is 6.18 Å². The van der Waals surface area contributed by atoms with E-state index in [2.05, 4.69) is 0 Å². The van der Waals surface area contributed by atoms with Crippen molar-refractivity contribution in [3.8, 4) is 11.5 Å². The third-order valence-electron chi connectivity index (χ3n) is 3.53. The van der Waals surface area contributed by atoms with Crippen LogP contribution < -0.4 is 9.64 Å². The highest BCUT2D eigenvalue weighted by Gasteiger charge is 2.34. The number of anilines is 1. The average molecular weight is 325 g/mol. The van der Waals surface area contributed by atoms with Gasteiger partial charge in [-0.15, -0.1) is 0 Å². The molecule has 0 aliphatic carbocycles. The van der Waals surface area contributed by atoms with E-state index in [0.717, 1.165) is 30.3 Å². The van der Waals surface area contributed by atoms with Crippen molar-refractivity contribution >= 4 is 11.6 Å². The molecule has 0 fully saturated rings. The van der Waals surface area contributed by atoms with Crippen molar-refractivity contribution in [2.24, 2.45) is 0 Å². The van der Waals surface area contributed by atoms with Gasteiger partial charge < -0.3 is 9.64 Å². The lowest BCUT2D eigenvalue weighted by Gasteiger charge is -2.20. The van der Waals surface area contributed by atoms with Crippen molar-refractivity contribution in [1.29, 1.82) is 0 Å². The number of ether oxygens (including phenoxy) is 1. The summed E-state index contributed by atoms with van der Waals surface area (Å²) in [6.45, 7) is 1.88. The van der Waals surface area contributed by atoms with Gasteiger partial charge in [0.2, 0.25) is 0 Å². The molecular formula is C16H11F4NO2. The van der Waals surface area contributed by atoms with Crippen LogP contribution in [0.25, 0.3) is 0 Å². The number of carbonyl (C=O) groups excluding carboxylic acids is 1. The van der Waals surface area contributed by atoms with Crippen molar-refractivity contribution < 1.29 is 27.1 Å². The molecule has 1 amide bonds. The topological polar surface area (TPSA) is 29.5 Å². The van der Waals surface area contributed by atoms with E-state index in [1.54, 1.807) is 6.92 Å². The molecule has 0 radical (unpaired) electrons. The van der Waals surface area contributed by atoms with Crippen LogP contribution in [0.2, 0.25) is 0 Å². The molecule has 7 heteroatoms. The SMILES string of the molecule is CCN1C(=O)c2cc(C(F)(F)F)ccc2Oc2cc(F)ccc21. The minimum absolute atomic E-state index is 0.0363. The maximum absolute atomic E-state index is 13.4. The Morgan fingerprint density at radius 1 is 1.09 bits per heavy atom. The summed E-state index contributed by atoms with van der Waals surface area (Å²) in [5.41, 5.74) is -0.844. The van der Waals surface area contributed by atoms with Crippen LogP contribution in [0, 0.1) is 5.82 Å². The van der Waals surface area contributed by atoms with Crippen LogP contribution in [-0.4, -0.2) is 12.5 Å². The number of fused-ring (bicyclic) bond motifs is 2. The first kappa shape index (κ1) is 15.3. The Labute approximate surface area is 129 Å². The Bertz CT molecular complexity index is 786. The van der Waals surface area contributed by atoms with Crippen LogP contribution in [0.1, 0.15) is 22.8 Å². The second-order valence-corrected chi connectivity index (χ2v) is 4.97. The zero-order valence-corrected chi connectivity index (χ0v) is 11.9. The molecule has 0 spiro atoms. The maximum Gasteiger partial charge on any atom is 0.416 e. The predicted molar refractivity (Wildman–Crippen MR) is 75.3 cm³/mol. The Balaban J connectivity index is 2.19. The van der Waals surface area contributed by atoms with E-state index >= 15 is 0 Å². The summed E-state index contributed by atoms with van der Waals surface area (Å²) in [5.74, 6) is -1.15. The third kappa shape index (κ3) is 2.62. The molecule has 0 atom stereocenters. The van der Waals surface area contributed by atoms with Crippen LogP contribution in [0.5, 0.6) is 11.5 Å². The summed E-state index contributed by atoms with van der Waals surface area (Å²) < 4.78 is 57.5. The van der Waals surface area contributed by atoms with Gasteiger partial charge in [-0.05, 0) is 37.3 Å². The number of alkyl halides is 3. The molecule has 2 aromatic carbocycles. The number of halogens is 4. The molecule has 23 heavy (non-hydrogen) atoms. The molecule has 3 nitrogen and oxygen atoms in total. The van der Waals surface area contributed by atoms with Gasteiger partial charge in [-0.3, -0.25) is 4.79 Å². The van der Waals surface area contributed by atoms with E-state index in [0.29, 0.717) is 5.69 Å². The van der Waals surface area contributed by atoms with Crippen LogP contribution >= 0.6 is 0 Å². The van der Waals surface area contributed by atoms with Crippen molar-refractivity contribution in [2.45, 2.75) is 13.1 Å². The Hall–Kier alpha value is -2.57. The molecule has 0 bridgehead atoms. The van der Waals surface area contributed by atoms with Crippen molar-refractivity contribution in [3.05, 3.63) is 53.3 Å². The van der Waals surface area contributed by atoms with Gasteiger partial charge in [0.25, 0.3) is 5.91 Å². The van der Waals surface area contributed by atoms with Gasteiger partial charge in [-0.2, -0.15) is 13.2 Å². The molecule has 0 saturated carbocycles. The van der Waals surface area contributed by atoms with Crippen molar-refractivity contribution in [3.63, 3.8) is 0 Å². The lowest BCUT2D eigenvalue weighted by Crippen LogP contribution is -2.30. The van der Waals surface area contributed by atoms with Crippen molar-refractivity contribution in [2.75, 3.05) is 11.4 Å². The normalized spacial score (nSPS) is 14.0. The fourth-order valence-corrected chi connectivity index (χ4v) is 2.44. The van der Waals surface area contributed by atoms with Gasteiger partial charge in [0, 0.05) is 12.6 Å². The van der Waals surface area contributed by atoms with Crippen LogP contribution in [0.15, 0.2) is 36.4 Å². The largest absolute Gasteiger partial charge is 0.454 e. The Kier molecular flexibility index (Phi) is 3.50. The first-order valence-electron chi connectivity index (χ1n) is 6.81. The van der Waals surface area contributed by atoms with Crippen LogP contribution in [0.3, 0.4) is 0 Å². The number of benzene rings is 2. The van der Waals surface area contributed by atoms with Gasteiger partial charge in [-0.25, -0.2) is 4.39 Å². The molecule has 3 rings (SSSR count). The highest BCUT2D eigenvalue weighted by Crippen LogP contribution is 2.41. The smallest absolute Gasteiger partial charge is 0.416 e. The highest BCUT2D eigenvalue weighted by molar-refractivity contribution is 6.09. The van der Waals surface area contributed by atoms with Gasteiger partial charge in [0.05, 0.1) is 16.8 Å². The summed E-state index contributed by atoms with van der Waals surface area (Å²) in [5, 5.41) is 0. The summed E-state index contributed by atoms with van der Waals surface area (Å²) in [6, 6.07) is 6.27. The van der Waals surface area contributed by atoms with E-state index < -0.39 is 23.5 Å². The number of carbonyl (C=O) groups is 1. The summed E-state index contributed by atoms with van der Waals surface area (Å²) in [6.07, 6.45) is -4.57. The van der Waals surface area contributed by atoms with Gasteiger partial charge in [-0.1, -0.05) is 0 Å². The van der Waals surface area contributed by atoms with Crippen molar-refractivity contribution in [1.82, 2.24) is 0 Å². The first-order chi connectivity index (χ1) is 10.8. The molecule has 0 saturated heterocycles. The Morgan fingerprint density at radius 2 is 1.83 bits per heavy atom. The minimum Gasteiger partial charge on any atom is -0.454 e. The molecular weight excluding hydrogens is 314 g/mol. The highest BCUT2D eigenvalue weighted by atomic mass is 19.4. The molecule has 2 aromatic rings. The zero-order valence-electron chi connectivity index (χ0n) is 11.9. The van der Waals surface area contributed by atoms with E-state index in [1.165, 1.54) is 11.0 Å². The molecule has 1 aliphatic heterocycles. The maximum atomic E-state index is 13.4. The minimum atomic E-state index is -4.57. The molecule has 0 aromatic heterocycles. The standard InChI is InChI=1S/C16H11F4NO2/c1-2-21-12-5-4-10(17)8-14(12)23-13-6-3-9(16(18,19)20)7-11(13)15(21)22/h3-8H,2H2,1H3. The second-order valence-electron chi connectivity index (χ2n) is 4.97. The molecule has 1 aliphatic rings. The fraction of sp³-hybridized carbons (Fsp3) is 0.188. The van der Waals surface area contributed by atoms with Gasteiger partial charge in [0.15, 0.2) is 5.75 Å². The number of hydrogen-bond acceptors (Lipinski definition) is 2. The monoisotopic (exact) mass is 325 g/mol. The number of hydrogen-bond donors (Lipinski definition) is 0. The third-order valence-corrected chi connectivity index (χ3v) is 3.53. The molecule has 1 heterocycles. The van der Waals surface area contributed by atoms with E-state index in [4.69, 9.17) is 4.74 Å². The average Bonchev–Trinajstić information content (AvgIpc) is 2.59. The number of rotatable bonds is 1. The quantitative estimate of drug-likeness (QED) is 0.716. The van der Waals surface area contributed by atoms with E-state index in [-0.39, 0.29) is 23.6 Å². The summed E-state index contributed by atoms with van der Waals surface area (Å²) in [4.78, 5) is 13.8. The molecule has 120 valence electrons. The molecule has 0 N–H and O–H groups in total. The lowest BCUT2D eigenvalue weighted by molar-refractivity contribution is -0.137. The summed E-state index contributed by atoms with van der Waals surface area (Å²) in [7, 11) is 0. The lowest BCUT2D eigenvalue weighted by atomic mass is 10.1. The first-order valence-corrected chi connectivity index (χ1v) is 6.81. The fourth-order valence-electron chi connectivity index (χ4n) is 2.44. The number of amides is 1. The summed E-state index contributed by atoms with van der Waals surface area (Å²) >= 11 is 0. The van der Waals surface area contributed by atoms with Gasteiger partial charge in [0.1, 0.15) is 11.6 Å². The number of nitrogens with zero attached hydrogens (tertiary/aromatic N) is 1. The zero-order chi connectivity index (χ0) is 16.8. The van der Waals surface area contributed by atoms with Crippen LogP contribution in [-0.2, 0) is 6.18 Å². The second kappa shape index (κ2) is 5.26. The van der Waals surface area contributed by atoms with E-state index in [9.17, 15) is 22.4 Å². The Morgan fingerprint density at radius 3 is 2.48 bits per heavy atom. The van der Waals surface area contributed by atoms with E-state index in [1.807, 2.05) is 0 Å².